The number of Topliss-reactive ketones (excluding diaryl/α,β-unsaturated/α-hetero) is 1. The third-order valence-electron chi connectivity index (χ3n) is 5.19. The predicted molar refractivity (Wildman–Crippen MR) is 118 cm³/mol. The van der Waals surface area contributed by atoms with E-state index in [9.17, 15) is 4.79 Å². The maximum absolute atomic E-state index is 12.9. The molecule has 0 heterocycles. The maximum Gasteiger partial charge on any atom is 0.155 e. The third kappa shape index (κ3) is 5.23. The van der Waals surface area contributed by atoms with E-state index < -0.39 is 5.54 Å². The second-order valence-corrected chi connectivity index (χ2v) is 8.40. The maximum atomic E-state index is 12.9. The average molecular weight is 382 g/mol. The molecule has 3 nitrogen and oxygen atoms in total. The van der Waals surface area contributed by atoms with Crippen LogP contribution in [-0.2, 0) is 17.6 Å². The Bertz CT molecular complexity index is 793. The molecule has 3 heteroatoms. The lowest BCUT2D eigenvalue weighted by molar-refractivity contribution is -0.128. The van der Waals surface area contributed by atoms with E-state index in [1.807, 2.05) is 26.8 Å². The van der Waals surface area contributed by atoms with Crippen LogP contribution in [0, 0.1) is 5.92 Å². The molecule has 0 radical (unpaired) electrons. The molecule has 2 aromatic rings. The van der Waals surface area contributed by atoms with Crippen LogP contribution in [0.4, 0.5) is 0 Å². The lowest BCUT2D eigenvalue weighted by atomic mass is 9.82. The van der Waals surface area contributed by atoms with Gasteiger partial charge in [-0.15, -0.1) is 0 Å². The van der Waals surface area contributed by atoms with Gasteiger partial charge in [0.25, 0.3) is 0 Å². The molecule has 1 atom stereocenters. The van der Waals surface area contributed by atoms with E-state index in [1.165, 1.54) is 22.3 Å². The quantitative estimate of drug-likeness (QED) is 0.628. The van der Waals surface area contributed by atoms with Gasteiger partial charge in [0.05, 0.1) is 12.6 Å². The normalized spacial score (nSPS) is 13.6. The number of carbonyl (C=O) groups is 1. The number of hydrogen-bond acceptors (Lipinski definition) is 3. The van der Waals surface area contributed by atoms with Crippen LogP contribution >= 0.6 is 0 Å². The molecule has 0 aliphatic rings. The summed E-state index contributed by atoms with van der Waals surface area (Å²) < 4.78 is 5.36. The Labute approximate surface area is 170 Å². The molecule has 1 unspecified atom stereocenters. The third-order valence-corrected chi connectivity index (χ3v) is 5.19. The highest BCUT2D eigenvalue weighted by molar-refractivity contribution is 5.90. The summed E-state index contributed by atoms with van der Waals surface area (Å²) in [7, 11) is 1.70. The number of ketones is 1. The van der Waals surface area contributed by atoms with Crippen molar-refractivity contribution in [3.05, 3.63) is 53.6 Å². The van der Waals surface area contributed by atoms with Crippen LogP contribution in [0.15, 0.2) is 42.5 Å². The van der Waals surface area contributed by atoms with Gasteiger partial charge in [0.2, 0.25) is 0 Å². The van der Waals surface area contributed by atoms with Crippen LogP contribution in [0.5, 0.6) is 5.75 Å². The number of ether oxygens (including phenoxy) is 1. The van der Waals surface area contributed by atoms with E-state index in [0.717, 1.165) is 12.2 Å². The highest BCUT2D eigenvalue weighted by Gasteiger charge is 2.34. The van der Waals surface area contributed by atoms with Crippen molar-refractivity contribution in [3.8, 4) is 16.9 Å². The fourth-order valence-electron chi connectivity index (χ4n) is 3.97. The average Bonchev–Trinajstić information content (AvgIpc) is 2.66. The second-order valence-electron chi connectivity index (χ2n) is 8.40. The summed E-state index contributed by atoms with van der Waals surface area (Å²) in [5.74, 6) is 1.15. The number of hydrogen-bond donors (Lipinski definition) is 1. The van der Waals surface area contributed by atoms with Gasteiger partial charge in [0.15, 0.2) is 5.78 Å². The Hall–Kier alpha value is -2.13. The van der Waals surface area contributed by atoms with Gasteiger partial charge >= 0.3 is 0 Å². The largest absolute Gasteiger partial charge is 0.497 e. The fourth-order valence-corrected chi connectivity index (χ4v) is 3.97. The van der Waals surface area contributed by atoms with Crippen molar-refractivity contribution in [1.29, 1.82) is 0 Å². The predicted octanol–water partition coefficient (Wildman–Crippen LogP) is 5.45. The van der Waals surface area contributed by atoms with Crippen molar-refractivity contribution in [1.82, 2.24) is 5.32 Å². The molecule has 0 amide bonds. The first-order chi connectivity index (χ1) is 13.2. The molecule has 0 bridgehead atoms. The topological polar surface area (TPSA) is 38.3 Å². The van der Waals surface area contributed by atoms with Crippen molar-refractivity contribution >= 4 is 5.78 Å². The lowest BCUT2D eigenvalue weighted by Gasteiger charge is -2.33. The van der Waals surface area contributed by atoms with E-state index in [1.54, 1.807) is 7.11 Å². The smallest absolute Gasteiger partial charge is 0.155 e. The van der Waals surface area contributed by atoms with Crippen LogP contribution in [0.25, 0.3) is 11.1 Å². The summed E-state index contributed by atoms with van der Waals surface area (Å²) in [4.78, 5) is 12.9. The minimum absolute atomic E-state index is 0.00179. The summed E-state index contributed by atoms with van der Waals surface area (Å²) in [5, 5.41) is 3.50. The van der Waals surface area contributed by atoms with Gasteiger partial charge < -0.3 is 10.1 Å². The number of carbonyl (C=O) groups excluding carboxylic acids is 1. The highest BCUT2D eigenvalue weighted by atomic mass is 16.5. The molecule has 0 aromatic heterocycles. The molecule has 1 N–H and O–H groups in total. The highest BCUT2D eigenvalue weighted by Crippen LogP contribution is 2.29. The zero-order valence-corrected chi connectivity index (χ0v) is 18.4. The Kier molecular flexibility index (Phi) is 7.42. The van der Waals surface area contributed by atoms with Crippen molar-refractivity contribution < 1.29 is 9.53 Å². The van der Waals surface area contributed by atoms with E-state index in [2.05, 4.69) is 62.5 Å². The monoisotopic (exact) mass is 381 g/mol. The first kappa shape index (κ1) is 22.2. The van der Waals surface area contributed by atoms with Crippen LogP contribution in [0.3, 0.4) is 0 Å². The van der Waals surface area contributed by atoms with Gasteiger partial charge in [-0.05, 0) is 68.0 Å². The minimum atomic E-state index is -0.557. The van der Waals surface area contributed by atoms with Gasteiger partial charge in [-0.25, -0.2) is 0 Å². The Balaban J connectivity index is 2.29. The molecule has 2 rings (SSSR count). The Morgan fingerprint density at radius 2 is 1.71 bits per heavy atom. The number of nitrogens with one attached hydrogen (secondary N) is 1. The van der Waals surface area contributed by atoms with Crippen LogP contribution in [0.2, 0.25) is 0 Å². The summed E-state index contributed by atoms with van der Waals surface area (Å²) in [6.45, 7) is 12.3. The van der Waals surface area contributed by atoms with Crippen molar-refractivity contribution in [2.24, 2.45) is 5.92 Å². The fraction of sp³-hybridized carbons (Fsp3) is 0.480. The molecule has 152 valence electrons. The van der Waals surface area contributed by atoms with E-state index in [0.29, 0.717) is 6.42 Å². The standard InChI is InChI=1S/C25H35NO2/c1-8-20-15-22(28-7)13-14-23(20)21-11-9-19(10-12-21)16-25(6,26-18(4)5)24(27)17(2)3/h9-15,17-18,26H,8,16H2,1-7H3. The summed E-state index contributed by atoms with van der Waals surface area (Å²) in [6, 6.07) is 15.1. The second kappa shape index (κ2) is 9.38. The van der Waals surface area contributed by atoms with Crippen LogP contribution in [-0.4, -0.2) is 24.5 Å². The Morgan fingerprint density at radius 1 is 1.07 bits per heavy atom. The van der Waals surface area contributed by atoms with Crippen LogP contribution < -0.4 is 10.1 Å². The molecule has 0 saturated heterocycles. The van der Waals surface area contributed by atoms with Crippen LogP contribution in [0.1, 0.15) is 52.7 Å². The van der Waals surface area contributed by atoms with Gasteiger partial charge in [0.1, 0.15) is 5.75 Å². The zero-order valence-electron chi connectivity index (χ0n) is 18.4. The van der Waals surface area contributed by atoms with E-state index in [4.69, 9.17) is 4.74 Å². The zero-order chi connectivity index (χ0) is 20.9. The summed E-state index contributed by atoms with van der Waals surface area (Å²) >= 11 is 0. The molecule has 0 spiro atoms. The number of aryl methyl sites for hydroxylation is 1. The molecule has 2 aromatic carbocycles. The SMILES string of the molecule is CCc1cc(OC)ccc1-c1ccc(CC(C)(NC(C)C)C(=O)C(C)C)cc1. The number of rotatable bonds is 9. The first-order valence-corrected chi connectivity index (χ1v) is 10.3. The van der Waals surface area contributed by atoms with Crippen molar-refractivity contribution in [3.63, 3.8) is 0 Å². The molecular formula is C25H35NO2. The molecule has 0 aliphatic heterocycles. The molecule has 28 heavy (non-hydrogen) atoms. The molecular weight excluding hydrogens is 346 g/mol. The minimum Gasteiger partial charge on any atom is -0.497 e. The summed E-state index contributed by atoms with van der Waals surface area (Å²) in [6.07, 6.45) is 1.64. The van der Waals surface area contributed by atoms with E-state index >= 15 is 0 Å². The number of methoxy groups -OCH3 is 1. The number of benzene rings is 2. The Morgan fingerprint density at radius 3 is 2.21 bits per heavy atom. The summed E-state index contributed by atoms with van der Waals surface area (Å²) in [5.41, 5.74) is 4.31. The van der Waals surface area contributed by atoms with Gasteiger partial charge in [0, 0.05) is 12.0 Å². The molecule has 0 aliphatic carbocycles. The van der Waals surface area contributed by atoms with E-state index in [-0.39, 0.29) is 17.7 Å². The first-order valence-electron chi connectivity index (χ1n) is 10.3. The van der Waals surface area contributed by atoms with Gasteiger partial charge in [-0.2, -0.15) is 0 Å². The molecule has 0 saturated carbocycles. The van der Waals surface area contributed by atoms with Gasteiger partial charge in [-0.1, -0.05) is 51.1 Å². The molecule has 0 fully saturated rings. The van der Waals surface area contributed by atoms with Gasteiger partial charge in [-0.3, -0.25) is 4.79 Å². The van der Waals surface area contributed by atoms with Crippen molar-refractivity contribution in [2.75, 3.05) is 7.11 Å². The lowest BCUT2D eigenvalue weighted by Crippen LogP contribution is -2.55. The van der Waals surface area contributed by atoms with Crippen molar-refractivity contribution in [2.45, 2.75) is 66.0 Å².